The van der Waals surface area contributed by atoms with Gasteiger partial charge in [0.15, 0.2) is 0 Å². The Balaban J connectivity index is 2.15. The summed E-state index contributed by atoms with van der Waals surface area (Å²) < 4.78 is 0. The van der Waals surface area contributed by atoms with Gasteiger partial charge >= 0.3 is 0 Å². The van der Waals surface area contributed by atoms with Crippen molar-refractivity contribution in [3.05, 3.63) is 45.9 Å². The van der Waals surface area contributed by atoms with Gasteiger partial charge in [-0.2, -0.15) is 0 Å². The lowest BCUT2D eigenvalue weighted by molar-refractivity contribution is 0.409. The topological polar surface area (TPSA) is 25.8 Å². The average Bonchev–Trinajstić information content (AvgIpc) is 2.75. The molecule has 0 amide bonds. The smallest absolute Gasteiger partial charge is 0.139 e. The summed E-state index contributed by atoms with van der Waals surface area (Å²) in [6.45, 7) is 6.59. The van der Waals surface area contributed by atoms with E-state index in [1.807, 2.05) is 30.3 Å². The van der Waals surface area contributed by atoms with Gasteiger partial charge in [0.25, 0.3) is 0 Å². The highest BCUT2D eigenvalue weighted by atomic mass is 35.5. The molecular formula is C14H17ClN2S. The second kappa shape index (κ2) is 5.37. The highest BCUT2D eigenvalue weighted by Gasteiger charge is 2.19. The molecule has 1 aromatic heterocycles. The van der Waals surface area contributed by atoms with Crippen LogP contribution in [-0.4, -0.2) is 10.2 Å². The highest BCUT2D eigenvalue weighted by Crippen LogP contribution is 2.32. The van der Waals surface area contributed by atoms with E-state index in [-0.39, 0.29) is 10.8 Å². The molecule has 1 unspecified atom stereocenters. The highest BCUT2D eigenvalue weighted by molar-refractivity contribution is 7.11. The minimum atomic E-state index is -0.197. The lowest BCUT2D eigenvalue weighted by Gasteiger charge is -2.14. The molecule has 1 heterocycles. The Kier molecular flexibility index (Phi) is 4.03. The molecule has 2 aromatic rings. The van der Waals surface area contributed by atoms with Gasteiger partial charge in [0, 0.05) is 6.42 Å². The zero-order chi connectivity index (χ0) is 13.2. The van der Waals surface area contributed by atoms with Crippen LogP contribution in [0.15, 0.2) is 30.3 Å². The first-order chi connectivity index (χ1) is 8.46. The molecule has 0 bridgehead atoms. The number of halogens is 1. The molecule has 1 atom stereocenters. The Morgan fingerprint density at radius 3 is 2.44 bits per heavy atom. The summed E-state index contributed by atoms with van der Waals surface area (Å²) in [5.74, 6) is 0. The van der Waals surface area contributed by atoms with Crippen molar-refractivity contribution in [1.29, 1.82) is 0 Å². The van der Waals surface area contributed by atoms with Gasteiger partial charge in [-0.15, -0.1) is 21.8 Å². The van der Waals surface area contributed by atoms with Gasteiger partial charge < -0.3 is 0 Å². The maximum Gasteiger partial charge on any atom is 0.139 e. The van der Waals surface area contributed by atoms with Crippen molar-refractivity contribution in [2.45, 2.75) is 32.6 Å². The molecule has 0 aliphatic carbocycles. The fourth-order valence-electron chi connectivity index (χ4n) is 1.66. The number of benzene rings is 1. The Morgan fingerprint density at radius 2 is 1.83 bits per heavy atom. The summed E-state index contributed by atoms with van der Waals surface area (Å²) in [5, 5.41) is 10.2. The molecule has 0 saturated carbocycles. The number of hydrogen-bond acceptors (Lipinski definition) is 3. The van der Waals surface area contributed by atoms with E-state index in [9.17, 15) is 0 Å². The van der Waals surface area contributed by atoms with Crippen LogP contribution in [0.5, 0.6) is 0 Å². The second-order valence-corrected chi connectivity index (χ2v) is 7.07. The Hall–Kier alpha value is -0.930. The third kappa shape index (κ3) is 3.53. The second-order valence-electron chi connectivity index (χ2n) is 5.54. The van der Waals surface area contributed by atoms with Crippen molar-refractivity contribution < 1.29 is 0 Å². The summed E-state index contributed by atoms with van der Waals surface area (Å²) in [4.78, 5) is 0. The predicted molar refractivity (Wildman–Crippen MR) is 77.2 cm³/mol. The molecule has 0 spiro atoms. The first-order valence-electron chi connectivity index (χ1n) is 5.97. The number of nitrogens with zero attached hydrogens (tertiary/aromatic N) is 2. The maximum absolute atomic E-state index is 6.42. The molecule has 0 radical (unpaired) electrons. The molecule has 0 aliphatic rings. The molecule has 2 nitrogen and oxygen atoms in total. The first-order valence-corrected chi connectivity index (χ1v) is 7.22. The number of aromatic nitrogens is 2. The zero-order valence-electron chi connectivity index (χ0n) is 10.9. The van der Waals surface area contributed by atoms with E-state index in [1.165, 1.54) is 0 Å². The average molecular weight is 281 g/mol. The van der Waals surface area contributed by atoms with Crippen LogP contribution < -0.4 is 0 Å². The van der Waals surface area contributed by atoms with Gasteiger partial charge in [-0.25, -0.2) is 0 Å². The van der Waals surface area contributed by atoms with Crippen molar-refractivity contribution in [1.82, 2.24) is 10.2 Å². The summed E-state index contributed by atoms with van der Waals surface area (Å²) in [7, 11) is 0. The van der Waals surface area contributed by atoms with Crippen LogP contribution in [0.25, 0.3) is 0 Å². The molecule has 18 heavy (non-hydrogen) atoms. The molecule has 0 aliphatic heterocycles. The van der Waals surface area contributed by atoms with E-state index in [0.717, 1.165) is 22.0 Å². The molecule has 4 heteroatoms. The van der Waals surface area contributed by atoms with E-state index in [1.54, 1.807) is 11.3 Å². The van der Waals surface area contributed by atoms with Crippen LogP contribution in [0.1, 0.15) is 41.7 Å². The molecule has 0 saturated heterocycles. The van der Waals surface area contributed by atoms with Crippen LogP contribution in [-0.2, 0) is 6.42 Å². The van der Waals surface area contributed by atoms with Crippen molar-refractivity contribution in [2.75, 3.05) is 0 Å². The number of rotatable bonds is 3. The van der Waals surface area contributed by atoms with E-state index in [0.29, 0.717) is 0 Å². The van der Waals surface area contributed by atoms with Crippen LogP contribution in [0.3, 0.4) is 0 Å². The lowest BCUT2D eigenvalue weighted by atomic mass is 9.93. The normalized spacial score (nSPS) is 13.6. The maximum atomic E-state index is 6.42. The van der Waals surface area contributed by atoms with Crippen molar-refractivity contribution in [3.8, 4) is 0 Å². The third-order valence-corrected chi connectivity index (χ3v) is 4.05. The summed E-state index contributed by atoms with van der Waals surface area (Å²) >= 11 is 8.03. The summed E-state index contributed by atoms with van der Waals surface area (Å²) in [6.07, 6.45) is 0.934. The van der Waals surface area contributed by atoms with Crippen LogP contribution in [0, 0.1) is 5.41 Å². The van der Waals surface area contributed by atoms with Crippen molar-refractivity contribution in [2.24, 2.45) is 5.41 Å². The Bertz CT molecular complexity index is 502. The van der Waals surface area contributed by atoms with Gasteiger partial charge in [-0.1, -0.05) is 62.4 Å². The van der Waals surface area contributed by atoms with Gasteiger partial charge in [0.1, 0.15) is 15.4 Å². The van der Waals surface area contributed by atoms with E-state index in [4.69, 9.17) is 11.6 Å². The molecule has 0 fully saturated rings. The zero-order valence-corrected chi connectivity index (χ0v) is 12.4. The lowest BCUT2D eigenvalue weighted by Crippen LogP contribution is -2.08. The minimum Gasteiger partial charge on any atom is -0.143 e. The molecule has 2 rings (SSSR count). The van der Waals surface area contributed by atoms with E-state index < -0.39 is 0 Å². The quantitative estimate of drug-likeness (QED) is 0.776. The first kappa shape index (κ1) is 13.5. The third-order valence-electron chi connectivity index (χ3n) is 2.47. The molecule has 0 N–H and O–H groups in total. The van der Waals surface area contributed by atoms with Gasteiger partial charge in [0.2, 0.25) is 0 Å². The summed E-state index contributed by atoms with van der Waals surface area (Å²) in [6, 6.07) is 9.99. The van der Waals surface area contributed by atoms with Gasteiger partial charge in [-0.05, 0) is 11.0 Å². The Morgan fingerprint density at radius 1 is 1.17 bits per heavy atom. The van der Waals surface area contributed by atoms with E-state index in [2.05, 4.69) is 31.0 Å². The van der Waals surface area contributed by atoms with Crippen LogP contribution in [0.2, 0.25) is 0 Å². The fourth-order valence-corrected chi connectivity index (χ4v) is 3.13. The van der Waals surface area contributed by atoms with Crippen molar-refractivity contribution in [3.63, 3.8) is 0 Å². The van der Waals surface area contributed by atoms with Gasteiger partial charge in [-0.3, -0.25) is 0 Å². The monoisotopic (exact) mass is 280 g/mol. The minimum absolute atomic E-state index is 0.197. The SMILES string of the molecule is CC(C)(C)Cc1nnc(C(Cl)c2ccccc2)s1. The van der Waals surface area contributed by atoms with Crippen LogP contribution >= 0.6 is 22.9 Å². The van der Waals surface area contributed by atoms with Crippen molar-refractivity contribution >= 4 is 22.9 Å². The summed E-state index contributed by atoms with van der Waals surface area (Å²) in [5.41, 5.74) is 1.29. The molecular weight excluding hydrogens is 264 g/mol. The van der Waals surface area contributed by atoms with Crippen LogP contribution in [0.4, 0.5) is 0 Å². The number of hydrogen-bond donors (Lipinski definition) is 0. The molecule has 96 valence electrons. The predicted octanol–water partition coefficient (Wildman–Crippen LogP) is 4.45. The van der Waals surface area contributed by atoms with Gasteiger partial charge in [0.05, 0.1) is 0 Å². The number of alkyl halides is 1. The van der Waals surface area contributed by atoms with E-state index >= 15 is 0 Å². The standard InChI is InChI=1S/C14H17ClN2S/c1-14(2,3)9-11-16-17-13(18-11)12(15)10-7-5-4-6-8-10/h4-8,12H,9H2,1-3H3. The fraction of sp³-hybridized carbons (Fsp3) is 0.429. The Labute approximate surface area is 117 Å². The molecule has 1 aromatic carbocycles. The largest absolute Gasteiger partial charge is 0.143 e.